The van der Waals surface area contributed by atoms with Gasteiger partial charge in [-0.3, -0.25) is 13.9 Å². The Bertz CT molecular complexity index is 1160. The molecule has 7 nitrogen and oxygen atoms in total. The number of aryl methyl sites for hydroxylation is 2. The van der Waals surface area contributed by atoms with E-state index < -0.39 is 22.0 Å². The second kappa shape index (κ2) is 12.4. The van der Waals surface area contributed by atoms with E-state index in [0.29, 0.717) is 18.5 Å². The maximum Gasteiger partial charge on any atom is 0.244 e. The first kappa shape index (κ1) is 27.7. The molecule has 0 aliphatic heterocycles. The van der Waals surface area contributed by atoms with Gasteiger partial charge in [0.15, 0.2) is 0 Å². The van der Waals surface area contributed by atoms with Crippen LogP contribution in [0.25, 0.3) is 0 Å². The predicted octanol–water partition coefficient (Wildman–Crippen LogP) is 4.19. The fourth-order valence-electron chi connectivity index (χ4n) is 4.94. The third-order valence-corrected chi connectivity index (χ3v) is 7.97. The minimum atomic E-state index is -3.74. The van der Waals surface area contributed by atoms with Crippen LogP contribution in [0.15, 0.2) is 48.5 Å². The van der Waals surface area contributed by atoms with Gasteiger partial charge >= 0.3 is 0 Å². The van der Waals surface area contributed by atoms with Crippen LogP contribution in [0, 0.1) is 6.92 Å². The van der Waals surface area contributed by atoms with Crippen molar-refractivity contribution in [1.82, 2.24) is 10.2 Å². The van der Waals surface area contributed by atoms with Crippen LogP contribution in [0.2, 0.25) is 0 Å². The Labute approximate surface area is 215 Å². The Hall–Kier alpha value is -2.87. The maximum atomic E-state index is 13.8. The van der Waals surface area contributed by atoms with E-state index in [2.05, 4.69) is 5.32 Å². The van der Waals surface area contributed by atoms with Crippen molar-refractivity contribution < 1.29 is 18.0 Å². The molecule has 36 heavy (non-hydrogen) atoms. The number of sulfonamides is 1. The van der Waals surface area contributed by atoms with Gasteiger partial charge in [0.05, 0.1) is 11.9 Å². The van der Waals surface area contributed by atoms with Gasteiger partial charge in [-0.25, -0.2) is 8.42 Å². The summed E-state index contributed by atoms with van der Waals surface area (Å²) in [4.78, 5) is 28.7. The summed E-state index contributed by atoms with van der Waals surface area (Å²) in [5, 5.41) is 3.13. The van der Waals surface area contributed by atoms with Gasteiger partial charge in [0.1, 0.15) is 12.6 Å². The number of benzene rings is 2. The highest BCUT2D eigenvalue weighted by Crippen LogP contribution is 2.25. The Kier molecular flexibility index (Phi) is 9.54. The molecule has 0 saturated heterocycles. The molecule has 1 aliphatic carbocycles. The number of rotatable bonds is 11. The summed E-state index contributed by atoms with van der Waals surface area (Å²) < 4.78 is 26.8. The van der Waals surface area contributed by atoms with Crippen molar-refractivity contribution in [1.29, 1.82) is 0 Å². The highest BCUT2D eigenvalue weighted by Gasteiger charge is 2.33. The zero-order valence-electron chi connectivity index (χ0n) is 21.9. The number of hydrogen-bond acceptors (Lipinski definition) is 4. The summed E-state index contributed by atoms with van der Waals surface area (Å²) in [5.74, 6) is -0.577. The van der Waals surface area contributed by atoms with Crippen molar-refractivity contribution in [3.8, 4) is 0 Å². The number of carbonyl (C=O) groups excluding carboxylic acids is 2. The molecule has 196 valence electrons. The molecule has 1 N–H and O–H groups in total. The van der Waals surface area contributed by atoms with Gasteiger partial charge in [-0.2, -0.15) is 0 Å². The van der Waals surface area contributed by atoms with Crippen LogP contribution in [0.5, 0.6) is 0 Å². The number of anilines is 1. The fourth-order valence-corrected chi connectivity index (χ4v) is 5.82. The Morgan fingerprint density at radius 3 is 2.36 bits per heavy atom. The zero-order valence-corrected chi connectivity index (χ0v) is 22.7. The van der Waals surface area contributed by atoms with E-state index in [9.17, 15) is 18.0 Å². The molecule has 0 bridgehead atoms. The molecular formula is C28H39N3O4S. The number of nitrogens with one attached hydrogen (secondary N) is 1. The summed E-state index contributed by atoms with van der Waals surface area (Å²) in [6, 6.07) is 14.5. The normalized spacial score (nSPS) is 14.9. The molecule has 2 amide bonds. The van der Waals surface area contributed by atoms with Crippen molar-refractivity contribution >= 4 is 27.5 Å². The lowest BCUT2D eigenvalue weighted by Crippen LogP contribution is -2.53. The monoisotopic (exact) mass is 513 g/mol. The number of amides is 2. The molecule has 0 radical (unpaired) electrons. The van der Waals surface area contributed by atoms with Gasteiger partial charge in [0, 0.05) is 12.6 Å². The topological polar surface area (TPSA) is 86.8 Å². The molecule has 1 saturated carbocycles. The van der Waals surface area contributed by atoms with E-state index >= 15 is 0 Å². The smallest absolute Gasteiger partial charge is 0.244 e. The molecule has 1 aliphatic rings. The van der Waals surface area contributed by atoms with Crippen molar-refractivity contribution in [2.45, 2.75) is 77.9 Å². The average Bonchev–Trinajstić information content (AvgIpc) is 3.34. The Balaban J connectivity index is 1.95. The van der Waals surface area contributed by atoms with Crippen molar-refractivity contribution in [3.05, 3.63) is 65.2 Å². The molecule has 8 heteroatoms. The molecule has 2 aromatic rings. The van der Waals surface area contributed by atoms with E-state index in [1.54, 1.807) is 17.0 Å². The van der Waals surface area contributed by atoms with Gasteiger partial charge < -0.3 is 10.2 Å². The lowest BCUT2D eigenvalue weighted by atomic mass is 10.1. The van der Waals surface area contributed by atoms with Crippen LogP contribution in [-0.2, 0) is 32.6 Å². The lowest BCUT2D eigenvalue weighted by molar-refractivity contribution is -0.140. The van der Waals surface area contributed by atoms with Crippen LogP contribution in [0.4, 0.5) is 5.69 Å². The van der Waals surface area contributed by atoms with Crippen LogP contribution in [0.1, 0.15) is 62.6 Å². The van der Waals surface area contributed by atoms with Crippen molar-refractivity contribution in [3.63, 3.8) is 0 Å². The molecule has 1 unspecified atom stereocenters. The molecule has 3 rings (SSSR count). The van der Waals surface area contributed by atoms with Gasteiger partial charge in [-0.05, 0) is 49.8 Å². The van der Waals surface area contributed by atoms with Gasteiger partial charge in [0.25, 0.3) is 0 Å². The first-order valence-corrected chi connectivity index (χ1v) is 14.7. The van der Waals surface area contributed by atoms with Gasteiger partial charge in [-0.15, -0.1) is 0 Å². The molecule has 0 spiro atoms. The highest BCUT2D eigenvalue weighted by atomic mass is 32.2. The van der Waals surface area contributed by atoms with Crippen LogP contribution in [-0.4, -0.2) is 50.0 Å². The quantitative estimate of drug-likeness (QED) is 0.488. The molecule has 1 atom stereocenters. The van der Waals surface area contributed by atoms with E-state index in [1.807, 2.05) is 57.2 Å². The van der Waals surface area contributed by atoms with E-state index in [0.717, 1.165) is 48.6 Å². The van der Waals surface area contributed by atoms with Gasteiger partial charge in [-0.1, -0.05) is 74.7 Å². The minimum absolute atomic E-state index is 0.131. The van der Waals surface area contributed by atoms with Crippen molar-refractivity contribution in [2.24, 2.45) is 0 Å². The summed E-state index contributed by atoms with van der Waals surface area (Å²) in [6.45, 7) is 5.67. The van der Waals surface area contributed by atoms with Crippen molar-refractivity contribution in [2.75, 3.05) is 17.1 Å². The maximum absolute atomic E-state index is 13.8. The zero-order chi connectivity index (χ0) is 26.3. The highest BCUT2D eigenvalue weighted by molar-refractivity contribution is 7.92. The summed E-state index contributed by atoms with van der Waals surface area (Å²) in [5.41, 5.74) is 3.29. The van der Waals surface area contributed by atoms with Crippen LogP contribution >= 0.6 is 0 Å². The number of hydrogen-bond donors (Lipinski definition) is 1. The van der Waals surface area contributed by atoms with Gasteiger partial charge in [0.2, 0.25) is 21.8 Å². The first-order chi connectivity index (χ1) is 17.1. The number of para-hydroxylation sites is 1. The van der Waals surface area contributed by atoms with E-state index in [-0.39, 0.29) is 25.0 Å². The molecule has 1 fully saturated rings. The van der Waals surface area contributed by atoms with E-state index in [1.165, 1.54) is 4.31 Å². The number of carbonyl (C=O) groups is 2. The first-order valence-electron chi connectivity index (χ1n) is 12.8. The fraction of sp³-hybridized carbons (Fsp3) is 0.500. The van der Waals surface area contributed by atoms with Crippen LogP contribution in [0.3, 0.4) is 0 Å². The third-order valence-electron chi connectivity index (χ3n) is 6.84. The molecule has 2 aromatic carbocycles. The summed E-state index contributed by atoms with van der Waals surface area (Å²) in [6.07, 6.45) is 6.25. The van der Waals surface area contributed by atoms with E-state index in [4.69, 9.17) is 0 Å². The minimum Gasteiger partial charge on any atom is -0.352 e. The molecule has 0 aromatic heterocycles. The molecule has 0 heterocycles. The average molecular weight is 514 g/mol. The summed E-state index contributed by atoms with van der Waals surface area (Å²) >= 11 is 0. The Morgan fingerprint density at radius 2 is 1.75 bits per heavy atom. The molecular weight excluding hydrogens is 474 g/mol. The second-order valence-electron chi connectivity index (χ2n) is 9.68. The largest absolute Gasteiger partial charge is 0.352 e. The SMILES string of the molecule is CCc1ccccc1N(CC(=O)N(Cc1cccc(C)c1)C(CC)C(=O)NC1CCCC1)S(C)(=O)=O. The predicted molar refractivity (Wildman–Crippen MR) is 144 cm³/mol. The Morgan fingerprint density at radius 1 is 1.06 bits per heavy atom. The third kappa shape index (κ3) is 7.09. The lowest BCUT2D eigenvalue weighted by Gasteiger charge is -2.34. The number of nitrogens with zero attached hydrogens (tertiary/aromatic N) is 2. The second-order valence-corrected chi connectivity index (χ2v) is 11.6. The summed E-state index contributed by atoms with van der Waals surface area (Å²) in [7, 11) is -3.74. The van der Waals surface area contributed by atoms with Crippen LogP contribution < -0.4 is 9.62 Å². The standard InChI is InChI=1S/C28H39N3O4S/c1-5-23-14-7-10-17-26(23)31(36(4,34)35)20-27(32)30(19-22-13-11-12-21(3)18-22)25(6-2)28(33)29-24-15-8-9-16-24/h7,10-14,17-18,24-25H,5-6,8-9,15-16,19-20H2,1-4H3,(H,29,33).